The topological polar surface area (TPSA) is 108 Å². The monoisotopic (exact) mass is 520 g/mol. The molecule has 0 radical (unpaired) electrons. The van der Waals surface area contributed by atoms with Crippen molar-refractivity contribution in [1.29, 1.82) is 0 Å². The summed E-state index contributed by atoms with van der Waals surface area (Å²) in [6.07, 6.45) is 0.285. The van der Waals surface area contributed by atoms with Gasteiger partial charge in [0.2, 0.25) is 0 Å². The quantitative estimate of drug-likeness (QED) is 0.234. The molecule has 8 nitrogen and oxygen atoms in total. The molecule has 1 heterocycles. The zero-order valence-electron chi connectivity index (χ0n) is 20.8. The van der Waals surface area contributed by atoms with E-state index in [1.54, 1.807) is 55.5 Å². The Balaban J connectivity index is 1.79. The van der Waals surface area contributed by atoms with E-state index in [4.69, 9.17) is 18.4 Å². The van der Waals surface area contributed by atoms with Gasteiger partial charge in [-0.15, -0.1) is 0 Å². The summed E-state index contributed by atoms with van der Waals surface area (Å²) in [6, 6.07) is 15.9. The summed E-state index contributed by atoms with van der Waals surface area (Å²) in [6.45, 7) is 4.08. The third-order valence-corrected chi connectivity index (χ3v) is 7.39. The number of esters is 1. The summed E-state index contributed by atoms with van der Waals surface area (Å²) in [5, 5.41) is 10.9. The average molecular weight is 521 g/mol. The maximum Gasteiger partial charge on any atom is 0.338 e. The van der Waals surface area contributed by atoms with Crippen molar-refractivity contribution in [2.45, 2.75) is 88.0 Å². The second-order valence-corrected chi connectivity index (χ2v) is 10.5. The molecule has 198 valence electrons. The van der Waals surface area contributed by atoms with Crippen molar-refractivity contribution in [2.75, 3.05) is 6.61 Å². The molecular formula is C27H36O8S. The van der Waals surface area contributed by atoms with Crippen LogP contribution >= 0.6 is 0 Å². The predicted molar refractivity (Wildman–Crippen MR) is 134 cm³/mol. The van der Waals surface area contributed by atoms with Crippen LogP contribution in [0.5, 0.6) is 0 Å². The summed E-state index contributed by atoms with van der Waals surface area (Å²) in [7, 11) is -4.27. The fraction of sp³-hybridized carbons (Fsp3) is 0.519. The summed E-state index contributed by atoms with van der Waals surface area (Å²) < 4.78 is 48.9. The van der Waals surface area contributed by atoms with Crippen LogP contribution in [0.1, 0.15) is 62.7 Å². The van der Waals surface area contributed by atoms with Crippen LogP contribution in [0.4, 0.5) is 0 Å². The molecule has 1 fully saturated rings. The smallest absolute Gasteiger partial charge is 0.338 e. The summed E-state index contributed by atoms with van der Waals surface area (Å²) >= 11 is 0. The Morgan fingerprint density at radius 1 is 0.917 bits per heavy atom. The maximum absolute atomic E-state index is 13.0. The molecule has 1 aliphatic heterocycles. The minimum absolute atomic E-state index is 0.0750. The average Bonchev–Trinajstić information content (AvgIpc) is 2.89. The molecule has 5 atom stereocenters. The highest BCUT2D eigenvalue weighted by Crippen LogP contribution is 2.30. The molecule has 0 spiro atoms. The van der Waals surface area contributed by atoms with Crippen molar-refractivity contribution >= 4 is 16.1 Å². The zero-order valence-corrected chi connectivity index (χ0v) is 21.6. The van der Waals surface area contributed by atoms with Gasteiger partial charge in [-0.05, 0) is 37.6 Å². The number of rotatable bonds is 13. The molecule has 0 amide bonds. The van der Waals surface area contributed by atoms with Crippen molar-refractivity contribution in [3.05, 3.63) is 66.2 Å². The molecule has 0 aromatic heterocycles. The van der Waals surface area contributed by atoms with Gasteiger partial charge in [-0.1, -0.05) is 75.4 Å². The highest BCUT2D eigenvalue weighted by atomic mass is 32.2. The third-order valence-electron chi connectivity index (χ3n) is 6.06. The van der Waals surface area contributed by atoms with Crippen molar-refractivity contribution < 1.29 is 36.7 Å². The van der Waals surface area contributed by atoms with E-state index in [2.05, 4.69) is 6.92 Å². The van der Waals surface area contributed by atoms with Crippen LogP contribution in [0.25, 0.3) is 0 Å². The van der Waals surface area contributed by atoms with Crippen LogP contribution in [0.15, 0.2) is 65.6 Å². The molecular weight excluding hydrogens is 484 g/mol. The van der Waals surface area contributed by atoms with Gasteiger partial charge in [-0.25, -0.2) is 4.79 Å². The molecule has 3 rings (SSSR count). The van der Waals surface area contributed by atoms with Crippen LogP contribution in [0.3, 0.4) is 0 Å². The van der Waals surface area contributed by atoms with E-state index in [1.165, 1.54) is 18.6 Å². The first-order valence-corrected chi connectivity index (χ1v) is 13.9. The highest BCUT2D eigenvalue weighted by Gasteiger charge is 2.49. The van der Waals surface area contributed by atoms with Gasteiger partial charge >= 0.3 is 5.97 Å². The van der Waals surface area contributed by atoms with E-state index in [0.717, 1.165) is 32.1 Å². The molecule has 1 N–H and O–H groups in total. The third kappa shape index (κ3) is 7.85. The van der Waals surface area contributed by atoms with Crippen molar-refractivity contribution in [1.82, 2.24) is 0 Å². The molecule has 0 saturated carbocycles. The highest BCUT2D eigenvalue weighted by molar-refractivity contribution is 7.86. The lowest BCUT2D eigenvalue weighted by Gasteiger charge is -2.42. The Bertz CT molecular complexity index is 1030. The van der Waals surface area contributed by atoms with Crippen LogP contribution in [-0.4, -0.2) is 56.8 Å². The van der Waals surface area contributed by atoms with E-state index in [0.29, 0.717) is 6.61 Å². The number of carbonyl (C=O) groups excluding carboxylic acids is 1. The van der Waals surface area contributed by atoms with Gasteiger partial charge in [0.25, 0.3) is 10.1 Å². The fourth-order valence-electron chi connectivity index (χ4n) is 3.99. The number of ether oxygens (including phenoxy) is 3. The summed E-state index contributed by atoms with van der Waals surface area (Å²) in [4.78, 5) is 12.8. The predicted octanol–water partition coefficient (Wildman–Crippen LogP) is 4.47. The lowest BCUT2D eigenvalue weighted by molar-refractivity contribution is -0.287. The molecule has 2 aromatic carbocycles. The number of carbonyl (C=O) groups is 1. The largest absolute Gasteiger partial charge is 0.450 e. The van der Waals surface area contributed by atoms with Gasteiger partial charge < -0.3 is 19.3 Å². The van der Waals surface area contributed by atoms with Crippen LogP contribution in [-0.2, 0) is 28.5 Å². The standard InChI is InChI=1S/C27H36O8S/c1-3-4-5-6-7-14-19-32-27-25(34-26(29)21-15-10-8-11-16-21)24(23(28)20(2)33-27)35-36(30,31)22-17-12-9-13-18-22/h8-13,15-18,20,23-25,27-28H,3-7,14,19H2,1-2H3/t20-,23-,24+,25+,27-/m0/s1. The number of unbranched alkanes of at least 4 members (excludes halogenated alkanes) is 5. The van der Waals surface area contributed by atoms with Gasteiger partial charge in [0, 0.05) is 6.61 Å². The number of aliphatic hydroxyl groups is 1. The molecule has 0 aliphatic carbocycles. The molecule has 9 heteroatoms. The van der Waals surface area contributed by atoms with Crippen molar-refractivity contribution in [2.24, 2.45) is 0 Å². The van der Waals surface area contributed by atoms with E-state index >= 15 is 0 Å². The molecule has 1 aliphatic rings. The molecule has 2 aromatic rings. The maximum atomic E-state index is 13.0. The number of hydrogen-bond acceptors (Lipinski definition) is 8. The lowest BCUT2D eigenvalue weighted by atomic mass is 9.99. The minimum Gasteiger partial charge on any atom is -0.450 e. The molecule has 0 unspecified atom stereocenters. The van der Waals surface area contributed by atoms with Crippen LogP contribution < -0.4 is 0 Å². The molecule has 0 bridgehead atoms. The Hall–Kier alpha value is -2.30. The van der Waals surface area contributed by atoms with E-state index < -0.39 is 46.8 Å². The number of benzene rings is 2. The van der Waals surface area contributed by atoms with Gasteiger partial charge in [-0.2, -0.15) is 8.42 Å². The second kappa shape index (κ2) is 13.9. The SMILES string of the molecule is CCCCCCCCO[C@H]1O[C@@H](C)[C@H](O)[C@@H](OS(=O)(=O)c2ccccc2)[C@H]1OC(=O)c1ccccc1. The van der Waals surface area contributed by atoms with Gasteiger partial charge in [0.15, 0.2) is 12.4 Å². The first kappa shape index (κ1) is 28.3. The van der Waals surface area contributed by atoms with Crippen LogP contribution in [0.2, 0.25) is 0 Å². The van der Waals surface area contributed by atoms with Gasteiger partial charge in [-0.3, -0.25) is 4.18 Å². The van der Waals surface area contributed by atoms with Crippen molar-refractivity contribution in [3.8, 4) is 0 Å². The first-order valence-electron chi connectivity index (χ1n) is 12.5. The summed E-state index contributed by atoms with van der Waals surface area (Å²) in [5.74, 6) is -0.704. The van der Waals surface area contributed by atoms with E-state index in [1.807, 2.05) is 0 Å². The van der Waals surface area contributed by atoms with Gasteiger partial charge in [0.1, 0.15) is 12.2 Å². The van der Waals surface area contributed by atoms with Crippen LogP contribution in [0, 0.1) is 0 Å². The lowest BCUT2D eigenvalue weighted by Crippen LogP contribution is -2.60. The molecule has 36 heavy (non-hydrogen) atoms. The van der Waals surface area contributed by atoms with E-state index in [-0.39, 0.29) is 10.5 Å². The molecule has 1 saturated heterocycles. The van der Waals surface area contributed by atoms with Crippen molar-refractivity contribution in [3.63, 3.8) is 0 Å². The Labute approximate surface area is 213 Å². The fourth-order valence-corrected chi connectivity index (χ4v) is 5.11. The second-order valence-electron chi connectivity index (χ2n) is 8.90. The van der Waals surface area contributed by atoms with E-state index in [9.17, 15) is 18.3 Å². The number of hydrogen-bond donors (Lipinski definition) is 1. The Morgan fingerprint density at radius 2 is 1.53 bits per heavy atom. The number of aliphatic hydroxyl groups excluding tert-OH is 1. The first-order chi connectivity index (χ1) is 17.3. The Kier molecular flexibility index (Phi) is 10.9. The zero-order chi connectivity index (χ0) is 26.0. The van der Waals surface area contributed by atoms with Gasteiger partial charge in [0.05, 0.1) is 16.6 Å². The summed E-state index contributed by atoms with van der Waals surface area (Å²) in [5.41, 5.74) is 0.268. The Morgan fingerprint density at radius 3 is 2.19 bits per heavy atom. The normalized spacial score (nSPS) is 24.4. The minimum atomic E-state index is -4.27.